The fourth-order valence-corrected chi connectivity index (χ4v) is 4.24. The number of hydrogen-bond acceptors (Lipinski definition) is 8. The average molecular weight is 602 g/mol. The minimum Gasteiger partial charge on any atom is -0.378 e. The first-order valence-corrected chi connectivity index (χ1v) is 12.5. The van der Waals surface area contributed by atoms with Gasteiger partial charge in [-0.05, 0) is 54.3 Å². The number of carbonyl (C=O) groups is 2. The van der Waals surface area contributed by atoms with E-state index in [0.717, 1.165) is 50.5 Å². The molecule has 0 atom stereocenters. The Kier molecular flexibility index (Phi) is 9.02. The molecular weight excluding hydrogens is 580 g/mol. The third kappa shape index (κ3) is 7.85. The van der Waals surface area contributed by atoms with Crippen LogP contribution in [0.25, 0.3) is 0 Å². The second-order valence-electron chi connectivity index (χ2n) is 8.94. The molecule has 0 spiro atoms. The van der Waals surface area contributed by atoms with Gasteiger partial charge in [0.05, 0.1) is 19.4 Å². The van der Waals surface area contributed by atoms with E-state index in [4.69, 9.17) is 16.3 Å². The Labute approximate surface area is 234 Å². The Morgan fingerprint density at radius 1 is 0.878 bits per heavy atom. The summed E-state index contributed by atoms with van der Waals surface area (Å²) in [6, 6.07) is 14.9. The number of alkyl halides is 6. The lowest BCUT2D eigenvalue weighted by molar-refractivity contribution is -0.193. The number of halogens is 7. The van der Waals surface area contributed by atoms with Gasteiger partial charge in [-0.2, -0.15) is 31.3 Å². The van der Waals surface area contributed by atoms with Crippen molar-refractivity contribution in [3.63, 3.8) is 0 Å². The van der Waals surface area contributed by atoms with Gasteiger partial charge in [-0.25, -0.2) is 4.98 Å². The lowest BCUT2D eigenvalue weighted by Gasteiger charge is -2.31. The van der Waals surface area contributed by atoms with Crippen LogP contribution in [0.2, 0.25) is 5.02 Å². The maximum atomic E-state index is 11.2. The van der Waals surface area contributed by atoms with Crippen molar-refractivity contribution in [2.45, 2.75) is 25.2 Å². The van der Waals surface area contributed by atoms with E-state index in [1.165, 1.54) is 16.8 Å². The van der Waals surface area contributed by atoms with Crippen LogP contribution < -0.4 is 15.5 Å². The molecular formula is C26H22ClF6N5O3. The molecule has 1 aromatic heterocycles. The zero-order valence-electron chi connectivity index (χ0n) is 21.1. The summed E-state index contributed by atoms with van der Waals surface area (Å²) in [5.41, 5.74) is 5.79. The van der Waals surface area contributed by atoms with Crippen molar-refractivity contribution in [2.75, 3.05) is 41.8 Å². The van der Waals surface area contributed by atoms with E-state index in [0.29, 0.717) is 16.8 Å². The number of rotatable bonds is 2. The minimum atomic E-state index is -5.77. The molecule has 3 aromatic rings. The lowest BCUT2D eigenvalue weighted by atomic mass is 10.0. The standard InChI is InChI=1S/C22H22ClN5O.C4F6O2/c23-19-14-24-22-26-17-3-1-2-15(12-17)4-5-16-13-18(25-21(19)27-22)6-7-20(16)28-8-10-29-11-9-28;5-3(6,7)1(11)2(12)4(8,9)10/h1-3,6-7,12-14H,4-5,8-11H2,(H2,24,25,26,27);. The number of hydrogen-bond donors (Lipinski definition) is 2. The summed E-state index contributed by atoms with van der Waals surface area (Å²) in [6.45, 7) is 3.37. The summed E-state index contributed by atoms with van der Waals surface area (Å²) in [7, 11) is 0. The summed E-state index contributed by atoms with van der Waals surface area (Å²) in [5.74, 6) is -5.71. The molecule has 2 N–H and O–H groups in total. The van der Waals surface area contributed by atoms with E-state index in [1.807, 2.05) is 6.07 Å². The minimum absolute atomic E-state index is 0.484. The van der Waals surface area contributed by atoms with Crippen molar-refractivity contribution >= 4 is 52.0 Å². The first-order chi connectivity index (χ1) is 19.3. The number of aryl methyl sites for hydroxylation is 2. The van der Waals surface area contributed by atoms with Crippen molar-refractivity contribution < 1.29 is 40.7 Å². The van der Waals surface area contributed by atoms with E-state index >= 15 is 0 Å². The molecule has 5 rings (SSSR count). The van der Waals surface area contributed by atoms with Gasteiger partial charge < -0.3 is 20.3 Å². The van der Waals surface area contributed by atoms with Crippen molar-refractivity contribution in [3.05, 3.63) is 64.8 Å². The zero-order valence-corrected chi connectivity index (χ0v) is 21.8. The van der Waals surface area contributed by atoms with Gasteiger partial charge in [-0.3, -0.25) is 9.59 Å². The smallest absolute Gasteiger partial charge is 0.378 e. The number of Topliss-reactive ketones (excluding diaryl/α,β-unsaturated/α-hetero) is 2. The molecule has 0 amide bonds. The van der Waals surface area contributed by atoms with Crippen LogP contribution in [0.1, 0.15) is 11.1 Å². The molecule has 218 valence electrons. The van der Waals surface area contributed by atoms with Crippen LogP contribution >= 0.6 is 11.6 Å². The van der Waals surface area contributed by atoms with E-state index < -0.39 is 23.9 Å². The maximum Gasteiger partial charge on any atom is 0.458 e. The monoisotopic (exact) mass is 601 g/mol. The molecule has 41 heavy (non-hydrogen) atoms. The van der Waals surface area contributed by atoms with Gasteiger partial charge in [-0.15, -0.1) is 0 Å². The quantitative estimate of drug-likeness (QED) is 0.281. The van der Waals surface area contributed by atoms with Crippen LogP contribution in [-0.4, -0.2) is 60.2 Å². The van der Waals surface area contributed by atoms with Crippen molar-refractivity contribution in [1.82, 2.24) is 9.97 Å². The molecule has 0 saturated carbocycles. The number of nitrogens with one attached hydrogen (secondary N) is 2. The molecule has 6 bridgehead atoms. The molecule has 1 saturated heterocycles. The Morgan fingerprint density at radius 3 is 2.20 bits per heavy atom. The fourth-order valence-electron chi connectivity index (χ4n) is 4.10. The van der Waals surface area contributed by atoms with Gasteiger partial charge in [0, 0.05) is 30.2 Å². The lowest BCUT2D eigenvalue weighted by Crippen LogP contribution is -2.39. The van der Waals surface area contributed by atoms with Crippen LogP contribution in [0.3, 0.4) is 0 Å². The average Bonchev–Trinajstić information content (AvgIpc) is 2.93. The number of ketones is 2. The van der Waals surface area contributed by atoms with Gasteiger partial charge in [-0.1, -0.05) is 23.7 Å². The van der Waals surface area contributed by atoms with Gasteiger partial charge in [0.2, 0.25) is 5.95 Å². The second-order valence-corrected chi connectivity index (χ2v) is 9.34. The topological polar surface area (TPSA) is 96.4 Å². The number of morpholine rings is 1. The Balaban J connectivity index is 0.000000275. The van der Waals surface area contributed by atoms with Crippen LogP contribution in [-0.2, 0) is 27.2 Å². The van der Waals surface area contributed by atoms with Gasteiger partial charge in [0.1, 0.15) is 5.02 Å². The highest BCUT2D eigenvalue weighted by molar-refractivity contribution is 6.41. The van der Waals surface area contributed by atoms with Gasteiger partial charge in [0.25, 0.3) is 0 Å². The highest BCUT2D eigenvalue weighted by atomic mass is 35.5. The van der Waals surface area contributed by atoms with Crippen LogP contribution in [0, 0.1) is 0 Å². The number of fused-ring (bicyclic) bond motifs is 6. The molecule has 8 nitrogen and oxygen atoms in total. The van der Waals surface area contributed by atoms with E-state index in [-0.39, 0.29) is 0 Å². The molecule has 2 aliphatic heterocycles. The SMILES string of the molecule is Clc1cnc2nc1Nc1ccc(N3CCOCC3)c(c1)CCc1cccc(c1)N2.O=C(C(=O)C(F)(F)F)C(F)(F)F. The van der Waals surface area contributed by atoms with E-state index in [9.17, 15) is 35.9 Å². The number of nitrogens with zero attached hydrogens (tertiary/aromatic N) is 3. The second kappa shape index (κ2) is 12.3. The number of benzene rings is 2. The first kappa shape index (κ1) is 30.1. The molecule has 3 heterocycles. The molecule has 0 radical (unpaired) electrons. The molecule has 0 unspecified atom stereocenters. The van der Waals surface area contributed by atoms with Gasteiger partial charge in [0.15, 0.2) is 5.82 Å². The third-order valence-corrected chi connectivity index (χ3v) is 6.30. The fraction of sp³-hybridized carbons (Fsp3) is 0.308. The van der Waals surface area contributed by atoms with Crippen molar-refractivity contribution in [3.8, 4) is 0 Å². The van der Waals surface area contributed by atoms with E-state index in [1.54, 1.807) is 6.20 Å². The number of anilines is 5. The largest absolute Gasteiger partial charge is 0.458 e. The maximum absolute atomic E-state index is 11.2. The predicted molar refractivity (Wildman–Crippen MR) is 139 cm³/mol. The number of ether oxygens (including phenoxy) is 1. The molecule has 2 aliphatic rings. The van der Waals surface area contributed by atoms with E-state index in [2.05, 4.69) is 61.9 Å². The van der Waals surface area contributed by atoms with Gasteiger partial charge >= 0.3 is 23.9 Å². The summed E-state index contributed by atoms with van der Waals surface area (Å²) >= 11 is 6.35. The van der Waals surface area contributed by atoms with Crippen LogP contribution in [0.5, 0.6) is 0 Å². The van der Waals surface area contributed by atoms with Crippen LogP contribution in [0.4, 0.5) is 55.2 Å². The zero-order chi connectivity index (χ0) is 29.8. The van der Waals surface area contributed by atoms with Crippen molar-refractivity contribution in [1.29, 1.82) is 0 Å². The highest BCUT2D eigenvalue weighted by Crippen LogP contribution is 2.31. The Bertz CT molecular complexity index is 1400. The summed E-state index contributed by atoms with van der Waals surface area (Å²) < 4.78 is 72.5. The summed E-state index contributed by atoms with van der Waals surface area (Å²) in [5, 5.41) is 7.12. The Morgan fingerprint density at radius 2 is 1.54 bits per heavy atom. The highest BCUT2D eigenvalue weighted by Gasteiger charge is 2.54. The van der Waals surface area contributed by atoms with Crippen molar-refractivity contribution in [2.24, 2.45) is 0 Å². The van der Waals surface area contributed by atoms with Crippen LogP contribution in [0.15, 0.2) is 48.7 Å². The third-order valence-electron chi connectivity index (χ3n) is 6.03. The predicted octanol–water partition coefficient (Wildman–Crippen LogP) is 5.80. The molecule has 0 aliphatic carbocycles. The summed E-state index contributed by atoms with van der Waals surface area (Å²) in [4.78, 5) is 30.5. The number of carbonyl (C=O) groups excluding carboxylic acids is 2. The molecule has 1 fully saturated rings. The number of aromatic nitrogens is 2. The normalized spacial score (nSPS) is 15.0. The Hall–Kier alpha value is -3.91. The first-order valence-electron chi connectivity index (χ1n) is 12.1. The molecule has 2 aromatic carbocycles. The molecule has 15 heteroatoms. The summed E-state index contributed by atoms with van der Waals surface area (Å²) in [6.07, 6.45) is -8.02.